The minimum absolute atomic E-state index is 0.146. The molecule has 0 spiro atoms. The molecule has 0 unspecified atom stereocenters. The molecule has 0 fully saturated rings. The monoisotopic (exact) mass is 253 g/mol. The SMILES string of the molecule is COCCNCCNc1cccc([N+](=O)[O-])c1C. The number of anilines is 1. The van der Waals surface area contributed by atoms with Gasteiger partial charge in [-0.25, -0.2) is 0 Å². The molecule has 6 heteroatoms. The smallest absolute Gasteiger partial charge is 0.274 e. The standard InChI is InChI=1S/C12H19N3O3/c1-10-11(4-3-5-12(10)15(16)17)14-7-6-13-8-9-18-2/h3-5,13-14H,6-9H2,1-2H3. The molecule has 18 heavy (non-hydrogen) atoms. The Morgan fingerprint density at radius 1 is 1.33 bits per heavy atom. The molecule has 1 aromatic carbocycles. The molecule has 0 aromatic heterocycles. The van der Waals surface area contributed by atoms with E-state index in [0.717, 1.165) is 18.8 Å². The van der Waals surface area contributed by atoms with Gasteiger partial charge in [-0.15, -0.1) is 0 Å². The Bertz CT molecular complexity index is 396. The molecule has 0 heterocycles. The predicted molar refractivity (Wildman–Crippen MR) is 71.1 cm³/mol. The number of ether oxygens (including phenoxy) is 1. The molecule has 2 N–H and O–H groups in total. The van der Waals surface area contributed by atoms with Gasteiger partial charge in [-0.05, 0) is 13.0 Å². The summed E-state index contributed by atoms with van der Waals surface area (Å²) in [4.78, 5) is 10.4. The quantitative estimate of drug-likeness (QED) is 0.417. The number of hydrogen-bond donors (Lipinski definition) is 2. The van der Waals surface area contributed by atoms with Crippen LogP contribution in [0.1, 0.15) is 5.56 Å². The first kappa shape index (κ1) is 14.4. The summed E-state index contributed by atoms with van der Waals surface area (Å²) in [6, 6.07) is 5.04. The van der Waals surface area contributed by atoms with Crippen molar-refractivity contribution in [2.45, 2.75) is 6.92 Å². The third-order valence-electron chi connectivity index (χ3n) is 2.60. The molecule has 100 valence electrons. The van der Waals surface area contributed by atoms with E-state index >= 15 is 0 Å². The Balaban J connectivity index is 2.43. The number of methoxy groups -OCH3 is 1. The van der Waals surface area contributed by atoms with Crippen molar-refractivity contribution in [3.8, 4) is 0 Å². The van der Waals surface area contributed by atoms with Gasteiger partial charge < -0.3 is 15.4 Å². The van der Waals surface area contributed by atoms with E-state index in [1.54, 1.807) is 20.1 Å². The van der Waals surface area contributed by atoms with Gasteiger partial charge in [0.1, 0.15) is 0 Å². The highest BCUT2D eigenvalue weighted by Gasteiger charge is 2.12. The van der Waals surface area contributed by atoms with E-state index in [2.05, 4.69) is 10.6 Å². The maximum absolute atomic E-state index is 10.8. The molecule has 0 atom stereocenters. The van der Waals surface area contributed by atoms with Crippen LogP contribution in [0.3, 0.4) is 0 Å². The minimum Gasteiger partial charge on any atom is -0.383 e. The van der Waals surface area contributed by atoms with Crippen molar-refractivity contribution in [2.24, 2.45) is 0 Å². The lowest BCUT2D eigenvalue weighted by molar-refractivity contribution is -0.385. The zero-order chi connectivity index (χ0) is 13.4. The summed E-state index contributed by atoms with van der Waals surface area (Å²) in [6.07, 6.45) is 0. The van der Waals surface area contributed by atoms with Crippen molar-refractivity contribution in [3.05, 3.63) is 33.9 Å². The van der Waals surface area contributed by atoms with Gasteiger partial charge in [-0.1, -0.05) is 6.07 Å². The van der Waals surface area contributed by atoms with Crippen LogP contribution in [-0.4, -0.2) is 38.3 Å². The first-order valence-corrected chi connectivity index (χ1v) is 5.84. The van der Waals surface area contributed by atoms with Crippen LogP contribution in [0, 0.1) is 17.0 Å². The fourth-order valence-corrected chi connectivity index (χ4v) is 1.60. The second-order valence-corrected chi connectivity index (χ2v) is 3.88. The molecule has 0 amide bonds. The van der Waals surface area contributed by atoms with Crippen molar-refractivity contribution >= 4 is 11.4 Å². The summed E-state index contributed by atoms with van der Waals surface area (Å²) >= 11 is 0. The van der Waals surface area contributed by atoms with E-state index in [4.69, 9.17) is 4.74 Å². The number of benzene rings is 1. The zero-order valence-electron chi connectivity index (χ0n) is 10.7. The lowest BCUT2D eigenvalue weighted by atomic mass is 10.1. The Labute approximate surface area is 106 Å². The summed E-state index contributed by atoms with van der Waals surface area (Å²) in [6.45, 7) is 4.72. The van der Waals surface area contributed by atoms with Gasteiger partial charge in [0.25, 0.3) is 5.69 Å². The van der Waals surface area contributed by atoms with Crippen LogP contribution >= 0.6 is 0 Å². The first-order valence-electron chi connectivity index (χ1n) is 5.84. The maximum atomic E-state index is 10.8. The minimum atomic E-state index is -0.364. The summed E-state index contributed by atoms with van der Waals surface area (Å²) in [7, 11) is 1.66. The molecule has 0 saturated carbocycles. The Kier molecular flexibility index (Phi) is 6.10. The average molecular weight is 253 g/mol. The van der Waals surface area contributed by atoms with E-state index in [1.807, 2.05) is 6.07 Å². The van der Waals surface area contributed by atoms with Crippen molar-refractivity contribution in [3.63, 3.8) is 0 Å². The fraction of sp³-hybridized carbons (Fsp3) is 0.500. The highest BCUT2D eigenvalue weighted by molar-refractivity contribution is 5.59. The van der Waals surface area contributed by atoms with Gasteiger partial charge in [-0.3, -0.25) is 10.1 Å². The summed E-state index contributed by atoms with van der Waals surface area (Å²) < 4.78 is 4.91. The van der Waals surface area contributed by atoms with Crippen molar-refractivity contribution in [1.29, 1.82) is 0 Å². The Hall–Kier alpha value is -1.66. The lowest BCUT2D eigenvalue weighted by Gasteiger charge is -2.10. The van der Waals surface area contributed by atoms with Crippen molar-refractivity contribution < 1.29 is 9.66 Å². The van der Waals surface area contributed by atoms with Gasteiger partial charge in [0.2, 0.25) is 0 Å². The molecule has 1 rings (SSSR count). The average Bonchev–Trinajstić information content (AvgIpc) is 2.35. The van der Waals surface area contributed by atoms with Gasteiger partial charge in [0.05, 0.1) is 11.5 Å². The van der Waals surface area contributed by atoms with Crippen molar-refractivity contribution in [1.82, 2.24) is 5.32 Å². The molecule has 1 aromatic rings. The number of nitro groups is 1. The van der Waals surface area contributed by atoms with E-state index in [0.29, 0.717) is 18.7 Å². The molecular weight excluding hydrogens is 234 g/mol. The van der Waals surface area contributed by atoms with Crippen LogP contribution in [0.2, 0.25) is 0 Å². The number of hydrogen-bond acceptors (Lipinski definition) is 5. The molecule has 0 aliphatic heterocycles. The van der Waals surface area contributed by atoms with E-state index in [9.17, 15) is 10.1 Å². The molecule has 0 bridgehead atoms. The normalized spacial score (nSPS) is 10.3. The van der Waals surface area contributed by atoms with Crippen LogP contribution in [0.25, 0.3) is 0 Å². The van der Waals surface area contributed by atoms with Gasteiger partial charge in [0.15, 0.2) is 0 Å². The largest absolute Gasteiger partial charge is 0.383 e. The third kappa shape index (κ3) is 4.31. The van der Waals surface area contributed by atoms with Gasteiger partial charge >= 0.3 is 0 Å². The van der Waals surface area contributed by atoms with E-state index < -0.39 is 0 Å². The summed E-state index contributed by atoms with van der Waals surface area (Å²) in [5, 5.41) is 17.1. The zero-order valence-corrected chi connectivity index (χ0v) is 10.7. The van der Waals surface area contributed by atoms with Crippen LogP contribution in [0.4, 0.5) is 11.4 Å². The highest BCUT2D eigenvalue weighted by atomic mass is 16.6. The number of nitrogens with zero attached hydrogens (tertiary/aromatic N) is 1. The van der Waals surface area contributed by atoms with Crippen LogP contribution < -0.4 is 10.6 Å². The Morgan fingerprint density at radius 2 is 2.11 bits per heavy atom. The molecule has 6 nitrogen and oxygen atoms in total. The number of nitro benzene ring substituents is 1. The molecule has 0 saturated heterocycles. The molecule has 0 radical (unpaired) electrons. The van der Waals surface area contributed by atoms with E-state index in [-0.39, 0.29) is 10.6 Å². The second kappa shape index (κ2) is 7.62. The summed E-state index contributed by atoms with van der Waals surface area (Å²) in [5.74, 6) is 0. The van der Waals surface area contributed by atoms with Crippen LogP contribution in [0.15, 0.2) is 18.2 Å². The highest BCUT2D eigenvalue weighted by Crippen LogP contribution is 2.24. The number of rotatable bonds is 8. The Morgan fingerprint density at radius 3 is 2.78 bits per heavy atom. The van der Waals surface area contributed by atoms with Crippen molar-refractivity contribution in [2.75, 3.05) is 38.7 Å². The van der Waals surface area contributed by atoms with Crippen LogP contribution in [-0.2, 0) is 4.74 Å². The second-order valence-electron chi connectivity index (χ2n) is 3.88. The first-order chi connectivity index (χ1) is 8.66. The van der Waals surface area contributed by atoms with E-state index in [1.165, 1.54) is 6.07 Å². The molecule has 0 aliphatic carbocycles. The molecule has 0 aliphatic rings. The van der Waals surface area contributed by atoms with Gasteiger partial charge in [-0.2, -0.15) is 0 Å². The topological polar surface area (TPSA) is 76.4 Å². The third-order valence-corrected chi connectivity index (χ3v) is 2.60. The fourth-order valence-electron chi connectivity index (χ4n) is 1.60. The number of nitrogens with one attached hydrogen (secondary N) is 2. The lowest BCUT2D eigenvalue weighted by Crippen LogP contribution is -2.25. The maximum Gasteiger partial charge on any atom is 0.274 e. The predicted octanol–water partition coefficient (Wildman–Crippen LogP) is 1.55. The van der Waals surface area contributed by atoms with Gasteiger partial charge in [0, 0.05) is 44.1 Å². The summed E-state index contributed by atoms with van der Waals surface area (Å²) in [5.41, 5.74) is 1.62. The van der Waals surface area contributed by atoms with Crippen LogP contribution in [0.5, 0.6) is 0 Å². The molecular formula is C12H19N3O3.